The van der Waals surface area contributed by atoms with Crippen LogP contribution in [0.25, 0.3) is 0 Å². The molecular formula is C16H20N4O. The standard InChI is InChI=1S/C16H20N4O/c21-15(17-10-7-14-18-12-19-20-14)16(8-4-9-16)11-13-5-2-1-3-6-13/h1-3,5-6,12H,4,7-11H2,(H,17,21)(H,18,19,20). The zero-order valence-electron chi connectivity index (χ0n) is 12.0. The van der Waals surface area contributed by atoms with E-state index in [0.29, 0.717) is 13.0 Å². The number of nitrogens with one attached hydrogen (secondary N) is 2. The van der Waals surface area contributed by atoms with Gasteiger partial charge in [-0.25, -0.2) is 4.98 Å². The van der Waals surface area contributed by atoms with Gasteiger partial charge in [0, 0.05) is 13.0 Å². The Morgan fingerprint density at radius 1 is 1.29 bits per heavy atom. The van der Waals surface area contributed by atoms with Crippen LogP contribution in [0.4, 0.5) is 0 Å². The summed E-state index contributed by atoms with van der Waals surface area (Å²) >= 11 is 0. The minimum atomic E-state index is -0.206. The summed E-state index contributed by atoms with van der Waals surface area (Å²) in [4.78, 5) is 16.6. The molecule has 1 heterocycles. The second-order valence-corrected chi connectivity index (χ2v) is 5.73. The first-order valence-corrected chi connectivity index (χ1v) is 7.45. The summed E-state index contributed by atoms with van der Waals surface area (Å²) < 4.78 is 0. The number of amides is 1. The highest BCUT2D eigenvalue weighted by molar-refractivity contribution is 5.83. The number of rotatable bonds is 6. The molecule has 1 aliphatic carbocycles. The number of aromatic amines is 1. The molecule has 1 aromatic heterocycles. The van der Waals surface area contributed by atoms with Crippen LogP contribution in [0.3, 0.4) is 0 Å². The first-order chi connectivity index (χ1) is 10.3. The minimum absolute atomic E-state index is 0.178. The third-order valence-electron chi connectivity index (χ3n) is 4.29. The molecule has 1 amide bonds. The van der Waals surface area contributed by atoms with Gasteiger partial charge in [0.15, 0.2) is 0 Å². The Labute approximate surface area is 124 Å². The second-order valence-electron chi connectivity index (χ2n) is 5.73. The molecule has 0 radical (unpaired) electrons. The average molecular weight is 284 g/mol. The molecule has 2 aromatic rings. The number of aromatic nitrogens is 3. The molecule has 0 atom stereocenters. The van der Waals surface area contributed by atoms with Crippen LogP contribution in [-0.2, 0) is 17.6 Å². The monoisotopic (exact) mass is 284 g/mol. The Morgan fingerprint density at radius 3 is 2.71 bits per heavy atom. The van der Waals surface area contributed by atoms with Crippen molar-refractivity contribution < 1.29 is 4.79 Å². The van der Waals surface area contributed by atoms with Crippen LogP contribution in [0, 0.1) is 5.41 Å². The first kappa shape index (κ1) is 13.8. The predicted molar refractivity (Wildman–Crippen MR) is 79.5 cm³/mol. The summed E-state index contributed by atoms with van der Waals surface area (Å²) in [6.45, 7) is 0.602. The number of H-pyrrole nitrogens is 1. The van der Waals surface area contributed by atoms with Crippen LogP contribution in [0.15, 0.2) is 36.7 Å². The van der Waals surface area contributed by atoms with Crippen molar-refractivity contribution in [2.24, 2.45) is 5.41 Å². The number of carbonyl (C=O) groups excluding carboxylic acids is 1. The molecule has 0 aliphatic heterocycles. The summed E-state index contributed by atoms with van der Waals surface area (Å²) in [5, 5.41) is 9.67. The van der Waals surface area contributed by atoms with Crippen molar-refractivity contribution in [2.45, 2.75) is 32.1 Å². The number of benzene rings is 1. The second kappa shape index (κ2) is 6.08. The third kappa shape index (κ3) is 3.12. The van der Waals surface area contributed by atoms with E-state index in [4.69, 9.17) is 0 Å². The Morgan fingerprint density at radius 2 is 2.10 bits per heavy atom. The molecule has 2 N–H and O–H groups in total. The van der Waals surface area contributed by atoms with Crippen molar-refractivity contribution >= 4 is 5.91 Å². The van der Waals surface area contributed by atoms with Crippen LogP contribution in [0.2, 0.25) is 0 Å². The van der Waals surface area contributed by atoms with Gasteiger partial charge in [0.05, 0.1) is 5.41 Å². The minimum Gasteiger partial charge on any atom is -0.355 e. The first-order valence-electron chi connectivity index (χ1n) is 7.45. The van der Waals surface area contributed by atoms with Crippen LogP contribution in [0.1, 0.15) is 30.7 Å². The van der Waals surface area contributed by atoms with E-state index in [9.17, 15) is 4.79 Å². The van der Waals surface area contributed by atoms with Crippen LogP contribution >= 0.6 is 0 Å². The number of hydrogen-bond acceptors (Lipinski definition) is 3. The molecular weight excluding hydrogens is 264 g/mol. The van der Waals surface area contributed by atoms with E-state index in [0.717, 1.165) is 31.5 Å². The summed E-state index contributed by atoms with van der Waals surface area (Å²) in [6, 6.07) is 10.3. The van der Waals surface area contributed by atoms with Gasteiger partial charge in [0.2, 0.25) is 5.91 Å². The lowest BCUT2D eigenvalue weighted by molar-refractivity contribution is -0.135. The molecule has 0 saturated heterocycles. The highest BCUT2D eigenvalue weighted by Gasteiger charge is 2.43. The SMILES string of the molecule is O=C(NCCc1ncn[nH]1)C1(Cc2ccccc2)CCC1. The van der Waals surface area contributed by atoms with Gasteiger partial charge in [-0.05, 0) is 24.8 Å². The molecule has 0 bridgehead atoms. The maximum absolute atomic E-state index is 12.5. The van der Waals surface area contributed by atoms with E-state index in [1.807, 2.05) is 18.2 Å². The largest absolute Gasteiger partial charge is 0.355 e. The molecule has 0 unspecified atom stereocenters. The van der Waals surface area contributed by atoms with Gasteiger partial charge in [0.1, 0.15) is 12.2 Å². The van der Waals surface area contributed by atoms with E-state index in [2.05, 4.69) is 32.6 Å². The summed E-state index contributed by atoms with van der Waals surface area (Å²) in [7, 11) is 0. The predicted octanol–water partition coefficient (Wildman–Crippen LogP) is 1.88. The lowest BCUT2D eigenvalue weighted by atomic mass is 9.64. The van der Waals surface area contributed by atoms with Gasteiger partial charge in [-0.1, -0.05) is 36.8 Å². The quantitative estimate of drug-likeness (QED) is 0.851. The van der Waals surface area contributed by atoms with Crippen LogP contribution in [-0.4, -0.2) is 27.6 Å². The summed E-state index contributed by atoms with van der Waals surface area (Å²) in [5.74, 6) is 0.984. The molecule has 1 aliphatic rings. The van der Waals surface area contributed by atoms with Crippen molar-refractivity contribution in [3.63, 3.8) is 0 Å². The van der Waals surface area contributed by atoms with Crippen molar-refractivity contribution in [1.29, 1.82) is 0 Å². The van der Waals surface area contributed by atoms with Crippen molar-refractivity contribution in [3.05, 3.63) is 48.0 Å². The molecule has 5 nitrogen and oxygen atoms in total. The molecule has 0 spiro atoms. The zero-order chi connectivity index (χ0) is 14.5. The third-order valence-corrected chi connectivity index (χ3v) is 4.29. The van der Waals surface area contributed by atoms with Crippen LogP contribution in [0.5, 0.6) is 0 Å². The Bertz CT molecular complexity index is 576. The van der Waals surface area contributed by atoms with Gasteiger partial charge in [-0.15, -0.1) is 0 Å². The zero-order valence-corrected chi connectivity index (χ0v) is 12.0. The fourth-order valence-corrected chi connectivity index (χ4v) is 2.91. The molecule has 21 heavy (non-hydrogen) atoms. The highest BCUT2D eigenvalue weighted by atomic mass is 16.2. The number of nitrogens with zero attached hydrogens (tertiary/aromatic N) is 2. The van der Waals surface area contributed by atoms with Gasteiger partial charge in [-0.2, -0.15) is 5.10 Å². The van der Waals surface area contributed by atoms with Crippen LogP contribution < -0.4 is 5.32 Å². The summed E-state index contributed by atoms with van der Waals surface area (Å²) in [5.41, 5.74) is 1.03. The summed E-state index contributed by atoms with van der Waals surface area (Å²) in [6.07, 6.45) is 6.11. The van der Waals surface area contributed by atoms with Gasteiger partial charge >= 0.3 is 0 Å². The fourth-order valence-electron chi connectivity index (χ4n) is 2.91. The molecule has 1 fully saturated rings. The van der Waals surface area contributed by atoms with Gasteiger partial charge in [0.25, 0.3) is 0 Å². The van der Waals surface area contributed by atoms with Gasteiger partial charge in [-0.3, -0.25) is 9.89 Å². The molecule has 110 valence electrons. The normalized spacial score (nSPS) is 16.2. The fraction of sp³-hybridized carbons (Fsp3) is 0.438. The average Bonchev–Trinajstić information content (AvgIpc) is 2.97. The topological polar surface area (TPSA) is 70.7 Å². The number of hydrogen-bond donors (Lipinski definition) is 2. The lowest BCUT2D eigenvalue weighted by Crippen LogP contribution is -2.47. The van der Waals surface area contributed by atoms with Crippen molar-refractivity contribution in [2.75, 3.05) is 6.54 Å². The smallest absolute Gasteiger partial charge is 0.226 e. The molecule has 1 aromatic carbocycles. The lowest BCUT2D eigenvalue weighted by Gasteiger charge is -2.40. The maximum atomic E-state index is 12.5. The van der Waals surface area contributed by atoms with Crippen molar-refractivity contribution in [1.82, 2.24) is 20.5 Å². The van der Waals surface area contributed by atoms with E-state index in [1.165, 1.54) is 11.9 Å². The molecule has 3 rings (SSSR count). The molecule has 1 saturated carbocycles. The van der Waals surface area contributed by atoms with E-state index < -0.39 is 0 Å². The number of carbonyl (C=O) groups is 1. The van der Waals surface area contributed by atoms with E-state index in [-0.39, 0.29) is 11.3 Å². The van der Waals surface area contributed by atoms with E-state index in [1.54, 1.807) is 0 Å². The van der Waals surface area contributed by atoms with E-state index >= 15 is 0 Å². The van der Waals surface area contributed by atoms with Gasteiger partial charge < -0.3 is 5.32 Å². The Hall–Kier alpha value is -2.17. The maximum Gasteiger partial charge on any atom is 0.226 e. The highest BCUT2D eigenvalue weighted by Crippen LogP contribution is 2.43. The Kier molecular flexibility index (Phi) is 3.99. The van der Waals surface area contributed by atoms with Crippen molar-refractivity contribution in [3.8, 4) is 0 Å². The Balaban J connectivity index is 1.56. The molecule has 5 heteroatoms.